The number of hydroxylamine groups is 1. The smallest absolute Gasteiger partial charge is 0.336 e. The van der Waals surface area contributed by atoms with Gasteiger partial charge in [0.1, 0.15) is 11.3 Å². The van der Waals surface area contributed by atoms with Crippen molar-refractivity contribution in [2.24, 2.45) is 0 Å². The molecule has 1 aromatic heterocycles. The van der Waals surface area contributed by atoms with Crippen molar-refractivity contribution in [1.29, 1.82) is 0 Å². The van der Waals surface area contributed by atoms with Gasteiger partial charge >= 0.3 is 5.63 Å². The Balaban J connectivity index is 2.51. The maximum Gasteiger partial charge on any atom is 0.336 e. The Morgan fingerprint density at radius 1 is 1.26 bits per heavy atom. The molecule has 0 saturated carbocycles. The molecule has 0 radical (unpaired) electrons. The van der Waals surface area contributed by atoms with E-state index in [-0.39, 0.29) is 5.75 Å². The van der Waals surface area contributed by atoms with Crippen LogP contribution in [0.2, 0.25) is 0 Å². The van der Waals surface area contributed by atoms with Gasteiger partial charge in [-0.15, -0.1) is 0 Å². The second-order valence-corrected chi connectivity index (χ2v) is 4.18. The van der Waals surface area contributed by atoms with Crippen LogP contribution in [0.5, 0.6) is 5.75 Å². The molecule has 2 aromatic rings. The van der Waals surface area contributed by atoms with E-state index in [2.05, 4.69) is 5.48 Å². The molecule has 5 heteroatoms. The van der Waals surface area contributed by atoms with Crippen LogP contribution >= 0.6 is 0 Å². The number of nitrogens with one attached hydrogen (secondary N) is 1. The third-order valence-corrected chi connectivity index (χ3v) is 2.92. The predicted octanol–water partition coefficient (Wildman–Crippen LogP) is 2.10. The zero-order chi connectivity index (χ0) is 13.8. The standard InChI is InChI=1S/C14H17NO4/c1-3-9-5-11-10(8-15-18-4-2)6-14(17)19-13(11)7-12(9)16/h5-7,15-16H,3-4,8H2,1-2H3. The Morgan fingerprint density at radius 3 is 2.74 bits per heavy atom. The molecule has 19 heavy (non-hydrogen) atoms. The number of phenolic OH excluding ortho intramolecular Hbond substituents is 1. The van der Waals surface area contributed by atoms with Crippen LogP contribution in [0.3, 0.4) is 0 Å². The fraction of sp³-hybridized carbons (Fsp3) is 0.357. The third kappa shape index (κ3) is 2.94. The number of benzene rings is 1. The number of rotatable bonds is 5. The van der Waals surface area contributed by atoms with E-state index in [1.165, 1.54) is 12.1 Å². The summed E-state index contributed by atoms with van der Waals surface area (Å²) in [5.74, 6) is 0.146. The van der Waals surface area contributed by atoms with Crippen molar-refractivity contribution >= 4 is 11.0 Å². The number of hydrogen-bond acceptors (Lipinski definition) is 5. The third-order valence-electron chi connectivity index (χ3n) is 2.92. The van der Waals surface area contributed by atoms with E-state index in [1.54, 1.807) is 0 Å². The zero-order valence-corrected chi connectivity index (χ0v) is 11.0. The van der Waals surface area contributed by atoms with Crippen molar-refractivity contribution in [2.45, 2.75) is 26.8 Å². The summed E-state index contributed by atoms with van der Waals surface area (Å²) in [6.45, 7) is 4.78. The Morgan fingerprint density at radius 2 is 2.05 bits per heavy atom. The van der Waals surface area contributed by atoms with Crippen LogP contribution in [0.15, 0.2) is 27.4 Å². The van der Waals surface area contributed by atoms with Crippen LogP contribution in [-0.2, 0) is 17.8 Å². The first-order valence-electron chi connectivity index (χ1n) is 6.29. The van der Waals surface area contributed by atoms with E-state index >= 15 is 0 Å². The molecule has 0 aliphatic carbocycles. The van der Waals surface area contributed by atoms with Gasteiger partial charge in [-0.3, -0.25) is 0 Å². The second-order valence-electron chi connectivity index (χ2n) is 4.18. The van der Waals surface area contributed by atoms with Crippen molar-refractivity contribution in [3.8, 4) is 5.75 Å². The van der Waals surface area contributed by atoms with Crippen LogP contribution in [0.1, 0.15) is 25.0 Å². The summed E-state index contributed by atoms with van der Waals surface area (Å²) in [5, 5.41) is 10.6. The summed E-state index contributed by atoms with van der Waals surface area (Å²) in [7, 11) is 0. The van der Waals surface area contributed by atoms with Gasteiger partial charge < -0.3 is 14.4 Å². The minimum Gasteiger partial charge on any atom is -0.508 e. The van der Waals surface area contributed by atoms with Crippen molar-refractivity contribution in [1.82, 2.24) is 5.48 Å². The van der Waals surface area contributed by atoms with Crippen molar-refractivity contribution in [2.75, 3.05) is 6.61 Å². The normalized spacial score (nSPS) is 11.1. The summed E-state index contributed by atoms with van der Waals surface area (Å²) in [6, 6.07) is 4.77. The van der Waals surface area contributed by atoms with Crippen LogP contribution in [0.4, 0.5) is 0 Å². The SMILES string of the molecule is CCONCc1cc(=O)oc2cc(O)c(CC)cc12. The molecule has 0 atom stereocenters. The molecule has 2 rings (SSSR count). The molecule has 0 spiro atoms. The molecule has 0 fully saturated rings. The first-order chi connectivity index (χ1) is 9.15. The number of aryl methyl sites for hydroxylation is 1. The second kappa shape index (κ2) is 5.86. The Labute approximate surface area is 110 Å². The molecule has 0 amide bonds. The number of fused-ring (bicyclic) bond motifs is 1. The number of hydrogen-bond donors (Lipinski definition) is 2. The molecule has 0 bridgehead atoms. The largest absolute Gasteiger partial charge is 0.508 e. The van der Waals surface area contributed by atoms with Gasteiger partial charge in [-0.05, 0) is 30.5 Å². The van der Waals surface area contributed by atoms with Gasteiger partial charge in [0, 0.05) is 24.1 Å². The van der Waals surface area contributed by atoms with Crippen molar-refractivity contribution < 1.29 is 14.4 Å². The van der Waals surface area contributed by atoms with Gasteiger partial charge in [0.05, 0.1) is 6.61 Å². The van der Waals surface area contributed by atoms with Crippen LogP contribution in [-0.4, -0.2) is 11.7 Å². The highest BCUT2D eigenvalue weighted by Gasteiger charge is 2.09. The summed E-state index contributed by atoms with van der Waals surface area (Å²) >= 11 is 0. The lowest BCUT2D eigenvalue weighted by Gasteiger charge is -2.09. The number of aromatic hydroxyl groups is 1. The zero-order valence-electron chi connectivity index (χ0n) is 11.0. The molecule has 5 nitrogen and oxygen atoms in total. The lowest BCUT2D eigenvalue weighted by molar-refractivity contribution is 0.0465. The average Bonchev–Trinajstić information content (AvgIpc) is 2.38. The lowest BCUT2D eigenvalue weighted by Crippen LogP contribution is -2.15. The molecule has 0 aliphatic heterocycles. The quantitative estimate of drug-likeness (QED) is 0.491. The van der Waals surface area contributed by atoms with Gasteiger partial charge in [0.25, 0.3) is 0 Å². The monoisotopic (exact) mass is 263 g/mol. The van der Waals surface area contributed by atoms with Gasteiger partial charge in [0.15, 0.2) is 0 Å². The Hall–Kier alpha value is -1.85. The van der Waals surface area contributed by atoms with Crippen LogP contribution in [0.25, 0.3) is 11.0 Å². The van der Waals surface area contributed by atoms with Gasteiger partial charge in [-0.25, -0.2) is 4.79 Å². The summed E-state index contributed by atoms with van der Waals surface area (Å²) in [6.07, 6.45) is 0.708. The van der Waals surface area contributed by atoms with E-state index in [9.17, 15) is 9.90 Å². The van der Waals surface area contributed by atoms with Gasteiger partial charge in [-0.1, -0.05) is 6.92 Å². The highest BCUT2D eigenvalue weighted by atomic mass is 16.6. The molecule has 1 aromatic carbocycles. The molecular formula is C14H17NO4. The highest BCUT2D eigenvalue weighted by molar-refractivity contribution is 5.82. The highest BCUT2D eigenvalue weighted by Crippen LogP contribution is 2.26. The van der Waals surface area contributed by atoms with Crippen molar-refractivity contribution in [3.63, 3.8) is 0 Å². The van der Waals surface area contributed by atoms with E-state index in [1.807, 2.05) is 19.9 Å². The molecular weight excluding hydrogens is 246 g/mol. The summed E-state index contributed by atoms with van der Waals surface area (Å²) < 4.78 is 5.10. The van der Waals surface area contributed by atoms with Crippen LogP contribution < -0.4 is 11.1 Å². The Kier molecular flexibility index (Phi) is 4.19. The summed E-state index contributed by atoms with van der Waals surface area (Å²) in [5.41, 5.74) is 4.33. The fourth-order valence-electron chi connectivity index (χ4n) is 1.97. The average molecular weight is 263 g/mol. The fourth-order valence-corrected chi connectivity index (χ4v) is 1.97. The topological polar surface area (TPSA) is 71.7 Å². The van der Waals surface area contributed by atoms with E-state index in [0.717, 1.165) is 16.5 Å². The number of phenols is 1. The predicted molar refractivity (Wildman–Crippen MR) is 72.0 cm³/mol. The van der Waals surface area contributed by atoms with Crippen molar-refractivity contribution in [3.05, 3.63) is 39.7 Å². The molecule has 0 unspecified atom stereocenters. The van der Waals surface area contributed by atoms with Crippen LogP contribution in [0, 0.1) is 0 Å². The first-order valence-corrected chi connectivity index (χ1v) is 6.29. The lowest BCUT2D eigenvalue weighted by atomic mass is 10.0. The minimum absolute atomic E-state index is 0.146. The molecule has 2 N–H and O–H groups in total. The molecule has 0 saturated heterocycles. The minimum atomic E-state index is -0.440. The van der Waals surface area contributed by atoms with E-state index in [0.29, 0.717) is 25.2 Å². The summed E-state index contributed by atoms with van der Waals surface area (Å²) in [4.78, 5) is 16.6. The van der Waals surface area contributed by atoms with E-state index in [4.69, 9.17) is 9.25 Å². The van der Waals surface area contributed by atoms with Gasteiger partial charge in [0.2, 0.25) is 0 Å². The van der Waals surface area contributed by atoms with E-state index < -0.39 is 5.63 Å². The maximum absolute atomic E-state index is 11.5. The van der Waals surface area contributed by atoms with Gasteiger partial charge in [-0.2, -0.15) is 5.48 Å². The molecule has 1 heterocycles. The Bertz CT molecular complexity index is 633. The first kappa shape index (κ1) is 13.6. The molecule has 102 valence electrons. The molecule has 0 aliphatic rings. The maximum atomic E-state index is 11.5.